The van der Waals surface area contributed by atoms with Crippen LogP contribution in [0.25, 0.3) is 0 Å². The van der Waals surface area contributed by atoms with Crippen LogP contribution >= 0.6 is 0 Å². The Hall–Kier alpha value is -3.64. The van der Waals surface area contributed by atoms with Gasteiger partial charge in [-0.2, -0.15) is 0 Å². The molecule has 1 heterocycles. The van der Waals surface area contributed by atoms with E-state index in [0.29, 0.717) is 11.1 Å². The molecule has 224 valence electrons. The van der Waals surface area contributed by atoms with Gasteiger partial charge < -0.3 is 39.4 Å². The molecule has 0 spiro atoms. The van der Waals surface area contributed by atoms with Gasteiger partial charge in [-0.15, -0.1) is 0 Å². The molecule has 3 aromatic carbocycles. The molecule has 1 saturated heterocycles. The smallest absolute Gasteiger partial charge is 0.318 e. The third kappa shape index (κ3) is 7.80. The number of aliphatic hydroxyl groups is 4. The third-order valence-corrected chi connectivity index (χ3v) is 7.14. The number of esters is 2. The Kier molecular flexibility index (Phi) is 11.2. The summed E-state index contributed by atoms with van der Waals surface area (Å²) in [4.78, 5) is 26.5. The first kappa shape index (κ1) is 31.3. The average molecular weight is 581 g/mol. The standard InChI is InChI=1S/C32H36O10/c1-20(21-11-5-2-6-12-21)30(37)39-18-24(19-40-32-29(36)28(35)27(34)25(17-33)42-32)41-31(38)26(22-13-7-3-8-14-22)23-15-9-4-10-16-23/h2-16,20,24-29,32-36H,17-19H2,1H3/t20?,24-,25-,27+,28+,29-,32-/m1/s1. The van der Waals surface area contributed by atoms with Gasteiger partial charge in [-0.05, 0) is 23.6 Å². The largest absolute Gasteiger partial charge is 0.461 e. The Morgan fingerprint density at radius 2 is 1.26 bits per heavy atom. The second kappa shape index (κ2) is 15.0. The average Bonchev–Trinajstić information content (AvgIpc) is 3.03. The number of hydrogen-bond donors (Lipinski definition) is 4. The molecule has 0 aromatic heterocycles. The predicted octanol–water partition coefficient (Wildman–Crippen LogP) is 1.89. The van der Waals surface area contributed by atoms with E-state index in [0.717, 1.165) is 5.56 Å². The molecule has 0 saturated carbocycles. The molecule has 10 nitrogen and oxygen atoms in total. The minimum Gasteiger partial charge on any atom is -0.461 e. The summed E-state index contributed by atoms with van der Waals surface area (Å²) in [6.07, 6.45) is -8.63. The number of rotatable bonds is 12. The van der Waals surface area contributed by atoms with Gasteiger partial charge in [0.15, 0.2) is 12.4 Å². The lowest BCUT2D eigenvalue weighted by molar-refractivity contribution is -0.305. The summed E-state index contributed by atoms with van der Waals surface area (Å²) in [5.41, 5.74) is 2.14. The van der Waals surface area contributed by atoms with E-state index in [1.165, 1.54) is 0 Å². The van der Waals surface area contributed by atoms with Gasteiger partial charge in [0.2, 0.25) is 0 Å². The zero-order chi connectivity index (χ0) is 30.1. The normalized spacial score (nSPS) is 23.6. The van der Waals surface area contributed by atoms with Crippen LogP contribution in [0.2, 0.25) is 0 Å². The molecule has 4 N–H and O–H groups in total. The van der Waals surface area contributed by atoms with Crippen molar-refractivity contribution >= 4 is 11.9 Å². The minimum atomic E-state index is -1.65. The first-order chi connectivity index (χ1) is 20.3. The fourth-order valence-corrected chi connectivity index (χ4v) is 4.69. The van der Waals surface area contributed by atoms with Crippen LogP contribution in [0.1, 0.15) is 35.4 Å². The molecule has 10 heteroatoms. The fourth-order valence-electron chi connectivity index (χ4n) is 4.69. The lowest BCUT2D eigenvalue weighted by Crippen LogP contribution is -2.59. The Morgan fingerprint density at radius 3 is 1.79 bits per heavy atom. The second-order valence-electron chi connectivity index (χ2n) is 10.1. The van der Waals surface area contributed by atoms with Crippen LogP contribution in [0.15, 0.2) is 91.0 Å². The van der Waals surface area contributed by atoms with E-state index in [-0.39, 0.29) is 6.61 Å². The van der Waals surface area contributed by atoms with Crippen molar-refractivity contribution < 1.29 is 49.0 Å². The Labute approximate surface area is 244 Å². The van der Waals surface area contributed by atoms with Gasteiger partial charge in [0.05, 0.1) is 19.1 Å². The summed E-state index contributed by atoms with van der Waals surface area (Å²) >= 11 is 0. The zero-order valence-electron chi connectivity index (χ0n) is 23.1. The summed E-state index contributed by atoms with van der Waals surface area (Å²) in [6.45, 7) is 0.311. The molecule has 42 heavy (non-hydrogen) atoms. The number of carbonyl (C=O) groups is 2. The van der Waals surface area contributed by atoms with Gasteiger partial charge >= 0.3 is 11.9 Å². The van der Waals surface area contributed by atoms with Crippen molar-refractivity contribution in [3.63, 3.8) is 0 Å². The number of ether oxygens (including phenoxy) is 4. The maximum absolute atomic E-state index is 13.7. The van der Waals surface area contributed by atoms with Crippen molar-refractivity contribution in [1.82, 2.24) is 0 Å². The van der Waals surface area contributed by atoms with E-state index in [2.05, 4.69) is 0 Å². The molecule has 0 amide bonds. The van der Waals surface area contributed by atoms with Gasteiger partial charge in [0.25, 0.3) is 0 Å². The Bertz CT molecular complexity index is 1210. The maximum atomic E-state index is 13.7. The van der Waals surface area contributed by atoms with E-state index in [4.69, 9.17) is 18.9 Å². The molecule has 1 aliphatic rings. The van der Waals surface area contributed by atoms with Crippen molar-refractivity contribution in [3.8, 4) is 0 Å². The minimum absolute atomic E-state index is 0.366. The lowest BCUT2D eigenvalue weighted by Gasteiger charge is -2.39. The quantitative estimate of drug-likeness (QED) is 0.234. The van der Waals surface area contributed by atoms with Crippen LogP contribution in [-0.2, 0) is 28.5 Å². The van der Waals surface area contributed by atoms with Crippen molar-refractivity contribution in [3.05, 3.63) is 108 Å². The van der Waals surface area contributed by atoms with Crippen LogP contribution in [0.4, 0.5) is 0 Å². The highest BCUT2D eigenvalue weighted by molar-refractivity contribution is 5.82. The first-order valence-corrected chi connectivity index (χ1v) is 13.7. The van der Waals surface area contributed by atoms with E-state index < -0.39 is 73.8 Å². The summed E-state index contributed by atoms with van der Waals surface area (Å²) in [6, 6.07) is 27.2. The SMILES string of the molecule is CC(C(=O)OC[C@H](CO[C@@H]1O[C@H](CO)[C@H](O)[C@H](O)[C@H]1O)OC(=O)C(c1ccccc1)c1ccccc1)c1ccccc1. The first-order valence-electron chi connectivity index (χ1n) is 13.7. The van der Waals surface area contributed by atoms with Gasteiger partial charge in [0.1, 0.15) is 36.9 Å². The van der Waals surface area contributed by atoms with Gasteiger partial charge in [-0.1, -0.05) is 91.0 Å². The van der Waals surface area contributed by atoms with Gasteiger partial charge in [-0.25, -0.2) is 0 Å². The molecule has 3 aromatic rings. The lowest BCUT2D eigenvalue weighted by atomic mass is 9.91. The zero-order valence-corrected chi connectivity index (χ0v) is 23.1. The van der Waals surface area contributed by atoms with Crippen molar-refractivity contribution in [1.29, 1.82) is 0 Å². The third-order valence-electron chi connectivity index (χ3n) is 7.14. The maximum Gasteiger partial charge on any atom is 0.318 e. The number of hydrogen-bond acceptors (Lipinski definition) is 10. The van der Waals surface area contributed by atoms with Crippen molar-refractivity contribution in [2.75, 3.05) is 19.8 Å². The highest BCUT2D eigenvalue weighted by Gasteiger charge is 2.44. The molecule has 0 radical (unpaired) electrons. The van der Waals surface area contributed by atoms with Gasteiger partial charge in [-0.3, -0.25) is 9.59 Å². The van der Waals surface area contributed by atoms with E-state index in [1.807, 2.05) is 54.6 Å². The molecular weight excluding hydrogens is 544 g/mol. The molecule has 1 unspecified atom stereocenters. The fraction of sp³-hybridized carbons (Fsp3) is 0.375. The van der Waals surface area contributed by atoms with Crippen LogP contribution in [0.3, 0.4) is 0 Å². The summed E-state index contributed by atoms with van der Waals surface area (Å²) in [5.74, 6) is -2.55. The molecule has 1 fully saturated rings. The Balaban J connectivity index is 1.51. The highest BCUT2D eigenvalue weighted by atomic mass is 16.7. The summed E-state index contributed by atoms with van der Waals surface area (Å²) in [7, 11) is 0. The predicted molar refractivity (Wildman–Crippen MR) is 150 cm³/mol. The van der Waals surface area contributed by atoms with Crippen molar-refractivity contribution in [2.45, 2.75) is 55.6 Å². The number of carbonyl (C=O) groups excluding carboxylic acids is 2. The van der Waals surface area contributed by atoms with Crippen molar-refractivity contribution in [2.24, 2.45) is 0 Å². The van der Waals surface area contributed by atoms with Crippen LogP contribution in [0, 0.1) is 0 Å². The molecule has 4 rings (SSSR count). The second-order valence-corrected chi connectivity index (χ2v) is 10.1. The van der Waals surface area contributed by atoms with Crippen LogP contribution in [0.5, 0.6) is 0 Å². The van der Waals surface area contributed by atoms with Gasteiger partial charge in [0, 0.05) is 0 Å². The molecule has 0 bridgehead atoms. The Morgan fingerprint density at radius 1 is 0.738 bits per heavy atom. The molecule has 0 aliphatic carbocycles. The van der Waals surface area contributed by atoms with Crippen LogP contribution < -0.4 is 0 Å². The molecule has 7 atom stereocenters. The number of aliphatic hydroxyl groups excluding tert-OH is 4. The van der Waals surface area contributed by atoms with E-state index in [9.17, 15) is 30.0 Å². The topological polar surface area (TPSA) is 152 Å². The monoisotopic (exact) mass is 580 g/mol. The van der Waals surface area contributed by atoms with E-state index >= 15 is 0 Å². The summed E-state index contributed by atoms with van der Waals surface area (Å²) < 4.78 is 22.4. The molecular formula is C32H36O10. The van der Waals surface area contributed by atoms with E-state index in [1.54, 1.807) is 43.3 Å². The highest BCUT2D eigenvalue weighted by Crippen LogP contribution is 2.27. The van der Waals surface area contributed by atoms with Crippen LogP contribution in [-0.4, -0.2) is 89.0 Å². The number of benzene rings is 3. The molecule has 1 aliphatic heterocycles. The summed E-state index contributed by atoms with van der Waals surface area (Å²) in [5, 5.41) is 40.1.